The predicted octanol–water partition coefficient (Wildman–Crippen LogP) is 4.74. The van der Waals surface area contributed by atoms with Crippen molar-refractivity contribution in [3.05, 3.63) is 59.7 Å². The first-order chi connectivity index (χ1) is 15.8. The second-order valence-corrected chi connectivity index (χ2v) is 9.75. The first kappa shape index (κ1) is 25.8. The van der Waals surface area contributed by atoms with Crippen LogP contribution < -0.4 is 10.6 Å². The van der Waals surface area contributed by atoms with Crippen LogP contribution >= 0.6 is 0 Å². The van der Waals surface area contributed by atoms with Gasteiger partial charge in [0.1, 0.15) is 5.88 Å². The molecule has 2 amide bonds. The number of rotatable bonds is 5. The largest absolute Gasteiger partial charge is 0.416 e. The van der Waals surface area contributed by atoms with Crippen LogP contribution in [-0.2, 0) is 22.2 Å². The highest BCUT2D eigenvalue weighted by atomic mass is 32.2. The van der Waals surface area contributed by atoms with E-state index in [0.717, 1.165) is 0 Å². The van der Waals surface area contributed by atoms with Gasteiger partial charge in [0, 0.05) is 24.8 Å². The third-order valence-electron chi connectivity index (χ3n) is 5.29. The van der Waals surface area contributed by atoms with E-state index in [2.05, 4.69) is 10.6 Å². The summed E-state index contributed by atoms with van der Waals surface area (Å²) in [7, 11) is -3.55. The van der Waals surface area contributed by atoms with E-state index in [1.165, 1.54) is 17.0 Å². The quantitative estimate of drug-likeness (QED) is 0.571. The molecule has 0 aromatic heterocycles. The molecular formula is C21H21F6N3O3S. The Balaban J connectivity index is 1.59. The molecule has 34 heavy (non-hydrogen) atoms. The monoisotopic (exact) mass is 509 g/mol. The number of alkyl halides is 6. The van der Waals surface area contributed by atoms with E-state index >= 15 is 0 Å². The summed E-state index contributed by atoms with van der Waals surface area (Å²) in [5, 5.41) is 5.02. The van der Waals surface area contributed by atoms with Crippen LogP contribution in [-0.4, -0.2) is 44.4 Å². The van der Waals surface area contributed by atoms with Gasteiger partial charge < -0.3 is 15.5 Å². The molecule has 1 aliphatic heterocycles. The van der Waals surface area contributed by atoms with E-state index in [1.807, 2.05) is 0 Å². The molecule has 1 heterocycles. The Hall–Kier alpha value is -2.80. The average Bonchev–Trinajstić information content (AvgIpc) is 2.77. The summed E-state index contributed by atoms with van der Waals surface area (Å²) in [5.74, 6) is -0.307. The van der Waals surface area contributed by atoms with E-state index in [1.54, 1.807) is 18.2 Å². The minimum atomic E-state index is -5.02. The third kappa shape index (κ3) is 6.63. The molecule has 2 N–H and O–H groups in total. The van der Waals surface area contributed by atoms with Gasteiger partial charge >= 0.3 is 18.4 Å². The summed E-state index contributed by atoms with van der Waals surface area (Å²) in [6.45, 7) is 0.278. The summed E-state index contributed by atoms with van der Waals surface area (Å²) in [5.41, 5.74) is -3.68. The van der Waals surface area contributed by atoms with Gasteiger partial charge in [-0.3, -0.25) is 0 Å². The van der Waals surface area contributed by atoms with Gasteiger partial charge in [-0.15, -0.1) is 0 Å². The lowest BCUT2D eigenvalue weighted by atomic mass is 10.1. The van der Waals surface area contributed by atoms with Crippen molar-refractivity contribution in [1.82, 2.24) is 10.2 Å². The van der Waals surface area contributed by atoms with Crippen LogP contribution in [0.4, 0.5) is 36.8 Å². The SMILES string of the molecule is O=C(Nc1cc(C(F)(F)F)cc(C(F)(F)F)c1)N1CCC(NCS(=O)(=O)c2ccccc2)CC1. The van der Waals surface area contributed by atoms with Gasteiger partial charge in [-0.05, 0) is 43.2 Å². The van der Waals surface area contributed by atoms with Crippen molar-refractivity contribution in [1.29, 1.82) is 0 Å². The number of amides is 2. The van der Waals surface area contributed by atoms with Crippen LogP contribution in [0, 0.1) is 0 Å². The van der Waals surface area contributed by atoms with E-state index in [-0.39, 0.29) is 36.0 Å². The summed E-state index contributed by atoms with van der Waals surface area (Å²) in [6, 6.07) is 7.64. The van der Waals surface area contributed by atoms with Crippen molar-refractivity contribution in [3.8, 4) is 0 Å². The van der Waals surface area contributed by atoms with Crippen LogP contribution in [0.5, 0.6) is 0 Å². The van der Waals surface area contributed by atoms with Gasteiger partial charge in [0.05, 0.1) is 16.0 Å². The summed E-state index contributed by atoms with van der Waals surface area (Å²) in [4.78, 5) is 13.8. The zero-order valence-electron chi connectivity index (χ0n) is 17.6. The molecule has 1 aliphatic rings. The number of nitrogens with one attached hydrogen (secondary N) is 2. The highest BCUT2D eigenvalue weighted by Crippen LogP contribution is 2.37. The maximum absolute atomic E-state index is 13.0. The van der Waals surface area contributed by atoms with Crippen molar-refractivity contribution >= 4 is 21.6 Å². The standard InChI is InChI=1S/C21H21F6N3O3S/c22-20(23,24)14-10-15(21(25,26)27)12-17(11-14)29-19(31)30-8-6-16(7-9-30)28-13-34(32,33)18-4-2-1-3-5-18/h1-5,10-12,16,28H,6-9,13H2,(H,29,31). The smallest absolute Gasteiger partial charge is 0.324 e. The van der Waals surface area contributed by atoms with Crippen molar-refractivity contribution in [2.75, 3.05) is 24.3 Å². The second-order valence-electron chi connectivity index (χ2n) is 7.76. The molecule has 1 saturated heterocycles. The fraction of sp³-hybridized carbons (Fsp3) is 0.381. The van der Waals surface area contributed by atoms with Gasteiger partial charge in [0.25, 0.3) is 0 Å². The fourth-order valence-electron chi connectivity index (χ4n) is 3.46. The van der Waals surface area contributed by atoms with Crippen molar-refractivity contribution in [2.45, 2.75) is 36.1 Å². The van der Waals surface area contributed by atoms with E-state index in [9.17, 15) is 39.6 Å². The van der Waals surface area contributed by atoms with Crippen LogP contribution in [0.2, 0.25) is 0 Å². The highest BCUT2D eigenvalue weighted by molar-refractivity contribution is 7.91. The third-order valence-corrected chi connectivity index (χ3v) is 6.82. The Labute approximate surface area is 191 Å². The Bertz CT molecular complexity index is 1080. The fourth-order valence-corrected chi connectivity index (χ4v) is 4.65. The van der Waals surface area contributed by atoms with Crippen LogP contribution in [0.1, 0.15) is 24.0 Å². The molecule has 2 aromatic carbocycles. The maximum Gasteiger partial charge on any atom is 0.416 e. The number of likely N-dealkylation sites (tertiary alicyclic amines) is 1. The number of carbonyl (C=O) groups is 1. The topological polar surface area (TPSA) is 78.5 Å². The summed E-state index contributed by atoms with van der Waals surface area (Å²) < 4.78 is 103. The minimum Gasteiger partial charge on any atom is -0.324 e. The first-order valence-corrected chi connectivity index (χ1v) is 11.8. The second kappa shape index (κ2) is 9.82. The maximum atomic E-state index is 13.0. The lowest BCUT2D eigenvalue weighted by Crippen LogP contribution is -2.47. The molecule has 0 aliphatic carbocycles. The summed E-state index contributed by atoms with van der Waals surface area (Å²) >= 11 is 0. The molecule has 186 valence electrons. The van der Waals surface area contributed by atoms with Crippen LogP contribution in [0.15, 0.2) is 53.4 Å². The lowest BCUT2D eigenvalue weighted by molar-refractivity contribution is -0.143. The lowest BCUT2D eigenvalue weighted by Gasteiger charge is -2.32. The Morgan fingerprint density at radius 2 is 1.44 bits per heavy atom. The molecule has 6 nitrogen and oxygen atoms in total. The molecule has 0 atom stereocenters. The molecular weight excluding hydrogens is 488 g/mol. The van der Waals surface area contributed by atoms with Gasteiger partial charge in [0.15, 0.2) is 9.84 Å². The number of hydrogen-bond donors (Lipinski definition) is 2. The van der Waals surface area contributed by atoms with Gasteiger partial charge in [-0.1, -0.05) is 18.2 Å². The normalized spacial score (nSPS) is 15.9. The molecule has 0 saturated carbocycles. The number of halogens is 6. The van der Waals surface area contributed by atoms with Gasteiger partial charge in [0.2, 0.25) is 0 Å². The summed E-state index contributed by atoms with van der Waals surface area (Å²) in [6.07, 6.45) is -9.34. The Morgan fingerprint density at radius 3 is 1.94 bits per heavy atom. The van der Waals surface area contributed by atoms with Crippen LogP contribution in [0.25, 0.3) is 0 Å². The predicted molar refractivity (Wildman–Crippen MR) is 112 cm³/mol. The van der Waals surface area contributed by atoms with Gasteiger partial charge in [-0.25, -0.2) is 13.2 Å². The minimum absolute atomic E-state index is 0.0175. The van der Waals surface area contributed by atoms with E-state index in [4.69, 9.17) is 0 Å². The molecule has 13 heteroatoms. The average molecular weight is 509 g/mol. The number of sulfone groups is 1. The molecule has 0 unspecified atom stereocenters. The van der Waals surface area contributed by atoms with Gasteiger partial charge in [-0.2, -0.15) is 26.3 Å². The molecule has 0 bridgehead atoms. The van der Waals surface area contributed by atoms with Crippen molar-refractivity contribution in [3.63, 3.8) is 0 Å². The number of carbonyl (C=O) groups excluding carboxylic acids is 1. The molecule has 2 aromatic rings. The number of anilines is 1. The van der Waals surface area contributed by atoms with E-state index < -0.39 is 45.0 Å². The van der Waals surface area contributed by atoms with Crippen molar-refractivity contribution < 1.29 is 39.6 Å². The zero-order chi connectivity index (χ0) is 25.1. The van der Waals surface area contributed by atoms with E-state index in [0.29, 0.717) is 25.0 Å². The Morgan fingerprint density at radius 1 is 0.912 bits per heavy atom. The Kier molecular flexibility index (Phi) is 7.46. The highest BCUT2D eigenvalue weighted by Gasteiger charge is 2.37. The number of hydrogen-bond acceptors (Lipinski definition) is 4. The number of nitrogens with zero attached hydrogens (tertiary/aromatic N) is 1. The molecule has 0 radical (unpaired) electrons. The molecule has 1 fully saturated rings. The number of piperidine rings is 1. The first-order valence-electron chi connectivity index (χ1n) is 10.1. The van der Waals surface area contributed by atoms with Crippen molar-refractivity contribution in [2.24, 2.45) is 0 Å². The number of urea groups is 1. The zero-order valence-corrected chi connectivity index (χ0v) is 18.4. The number of benzene rings is 2. The molecule has 3 rings (SSSR count). The van der Waals surface area contributed by atoms with Crippen LogP contribution in [0.3, 0.4) is 0 Å². The molecule has 0 spiro atoms.